The normalized spacial score (nSPS) is 20.2. The lowest BCUT2D eigenvalue weighted by Gasteiger charge is -2.24. The maximum atomic E-state index is 12.2. The molecule has 0 spiro atoms. The van der Waals surface area contributed by atoms with Gasteiger partial charge in [0, 0.05) is 17.8 Å². The summed E-state index contributed by atoms with van der Waals surface area (Å²) in [6.45, 7) is 1.30. The van der Waals surface area contributed by atoms with E-state index in [-0.39, 0.29) is 18.7 Å². The van der Waals surface area contributed by atoms with Crippen LogP contribution in [0.3, 0.4) is 0 Å². The maximum absolute atomic E-state index is 12.2. The molecule has 2 aliphatic carbocycles. The summed E-state index contributed by atoms with van der Waals surface area (Å²) >= 11 is 0. The second kappa shape index (κ2) is 8.33. The summed E-state index contributed by atoms with van der Waals surface area (Å²) in [7, 11) is 0. The maximum Gasteiger partial charge on any atom is 0.315 e. The number of allylic oxidation sites excluding steroid dienone is 1. The van der Waals surface area contributed by atoms with Crippen LogP contribution in [0, 0.1) is 0 Å². The van der Waals surface area contributed by atoms with E-state index < -0.39 is 0 Å². The summed E-state index contributed by atoms with van der Waals surface area (Å²) < 4.78 is 1.86. The summed E-state index contributed by atoms with van der Waals surface area (Å²) in [5, 5.41) is 19.5. The SMILES string of the molecule is O=C(NCCC1=CCCCC1)N[C@@H]1CCCc2c1cnn2CCO. The van der Waals surface area contributed by atoms with E-state index in [0.29, 0.717) is 13.1 Å². The molecule has 1 aromatic heterocycles. The predicted molar refractivity (Wildman–Crippen MR) is 92.7 cm³/mol. The first-order valence-electron chi connectivity index (χ1n) is 9.15. The first-order valence-corrected chi connectivity index (χ1v) is 9.15. The largest absolute Gasteiger partial charge is 0.394 e. The Morgan fingerprint density at radius 2 is 2.25 bits per heavy atom. The number of carbonyl (C=O) groups is 1. The highest BCUT2D eigenvalue weighted by molar-refractivity contribution is 5.74. The molecule has 0 aliphatic heterocycles. The second-order valence-corrected chi connectivity index (χ2v) is 6.70. The molecule has 6 nitrogen and oxygen atoms in total. The van der Waals surface area contributed by atoms with Gasteiger partial charge in [0.25, 0.3) is 0 Å². The molecule has 1 atom stereocenters. The molecule has 132 valence electrons. The number of urea groups is 1. The Morgan fingerprint density at radius 3 is 3.04 bits per heavy atom. The Labute approximate surface area is 143 Å². The predicted octanol–water partition coefficient (Wildman–Crippen LogP) is 2.44. The van der Waals surface area contributed by atoms with Crippen LogP contribution < -0.4 is 10.6 Å². The number of rotatable bonds is 6. The van der Waals surface area contributed by atoms with Gasteiger partial charge < -0.3 is 15.7 Å². The molecule has 1 heterocycles. The highest BCUT2D eigenvalue weighted by Crippen LogP contribution is 2.29. The Hall–Kier alpha value is -1.82. The topological polar surface area (TPSA) is 79.2 Å². The minimum atomic E-state index is -0.0980. The van der Waals surface area contributed by atoms with Crippen molar-refractivity contribution in [2.45, 2.75) is 64.0 Å². The molecule has 0 unspecified atom stereocenters. The fraction of sp³-hybridized carbons (Fsp3) is 0.667. The van der Waals surface area contributed by atoms with Crippen molar-refractivity contribution in [2.75, 3.05) is 13.2 Å². The second-order valence-electron chi connectivity index (χ2n) is 6.70. The zero-order valence-corrected chi connectivity index (χ0v) is 14.3. The first kappa shape index (κ1) is 17.0. The molecule has 3 N–H and O–H groups in total. The van der Waals surface area contributed by atoms with E-state index >= 15 is 0 Å². The third-order valence-electron chi connectivity index (χ3n) is 5.00. The molecule has 3 rings (SSSR count). The molecule has 0 aromatic carbocycles. The number of nitrogens with zero attached hydrogens (tertiary/aromatic N) is 2. The number of aliphatic hydroxyl groups excluding tert-OH is 1. The van der Waals surface area contributed by atoms with Crippen LogP contribution in [0.1, 0.15) is 62.2 Å². The van der Waals surface area contributed by atoms with Gasteiger partial charge in [0.1, 0.15) is 0 Å². The van der Waals surface area contributed by atoms with Crippen molar-refractivity contribution >= 4 is 6.03 Å². The minimum absolute atomic E-state index is 0.0232. The number of fused-ring (bicyclic) bond motifs is 1. The van der Waals surface area contributed by atoms with E-state index in [4.69, 9.17) is 5.11 Å². The summed E-state index contributed by atoms with van der Waals surface area (Å²) in [6.07, 6.45) is 13.0. The van der Waals surface area contributed by atoms with Gasteiger partial charge in [0.15, 0.2) is 0 Å². The van der Waals surface area contributed by atoms with E-state index in [0.717, 1.165) is 36.9 Å². The van der Waals surface area contributed by atoms with E-state index in [1.54, 1.807) is 0 Å². The average Bonchev–Trinajstić information content (AvgIpc) is 3.00. The molecule has 6 heteroatoms. The van der Waals surface area contributed by atoms with E-state index in [9.17, 15) is 4.79 Å². The Kier molecular flexibility index (Phi) is 5.91. The first-order chi connectivity index (χ1) is 11.8. The number of amides is 2. The third kappa shape index (κ3) is 4.17. The van der Waals surface area contributed by atoms with Crippen LogP contribution in [-0.2, 0) is 13.0 Å². The van der Waals surface area contributed by atoms with Crippen LogP contribution in [0.5, 0.6) is 0 Å². The van der Waals surface area contributed by atoms with Gasteiger partial charge in [-0.15, -0.1) is 0 Å². The van der Waals surface area contributed by atoms with Gasteiger partial charge in [-0.25, -0.2) is 4.79 Å². The van der Waals surface area contributed by atoms with Gasteiger partial charge in [0.05, 0.1) is 25.4 Å². The van der Waals surface area contributed by atoms with Crippen LogP contribution in [0.25, 0.3) is 0 Å². The number of aliphatic hydroxyl groups is 1. The van der Waals surface area contributed by atoms with Crippen molar-refractivity contribution in [2.24, 2.45) is 0 Å². The Morgan fingerprint density at radius 1 is 1.33 bits per heavy atom. The Bertz CT molecular complexity index is 594. The lowest BCUT2D eigenvalue weighted by molar-refractivity contribution is 0.235. The number of nitrogens with one attached hydrogen (secondary N) is 2. The van der Waals surface area contributed by atoms with Crippen molar-refractivity contribution in [1.82, 2.24) is 20.4 Å². The van der Waals surface area contributed by atoms with Crippen molar-refractivity contribution in [1.29, 1.82) is 0 Å². The van der Waals surface area contributed by atoms with Gasteiger partial charge in [-0.05, 0) is 51.4 Å². The molecule has 0 bridgehead atoms. The van der Waals surface area contributed by atoms with E-state index in [1.807, 2.05) is 10.9 Å². The van der Waals surface area contributed by atoms with Gasteiger partial charge in [0.2, 0.25) is 0 Å². The average molecular weight is 332 g/mol. The van der Waals surface area contributed by atoms with Crippen LogP contribution in [-0.4, -0.2) is 34.1 Å². The molecule has 2 amide bonds. The molecular weight excluding hydrogens is 304 g/mol. The molecule has 0 saturated heterocycles. The summed E-state index contributed by atoms with van der Waals surface area (Å²) in [4.78, 5) is 12.2. The molecule has 24 heavy (non-hydrogen) atoms. The van der Waals surface area contributed by atoms with Crippen LogP contribution in [0.4, 0.5) is 4.79 Å². The lowest BCUT2D eigenvalue weighted by Crippen LogP contribution is -2.39. The van der Waals surface area contributed by atoms with Crippen LogP contribution in [0.15, 0.2) is 17.8 Å². The van der Waals surface area contributed by atoms with Crippen molar-refractivity contribution in [3.8, 4) is 0 Å². The molecule has 0 radical (unpaired) electrons. The number of hydrogen-bond donors (Lipinski definition) is 3. The van der Waals surface area contributed by atoms with Gasteiger partial charge in [-0.1, -0.05) is 11.6 Å². The standard InChI is InChI=1S/C18H28N4O2/c23-12-11-22-17-8-4-7-16(15(17)13-20-22)21-18(24)19-10-9-14-5-2-1-3-6-14/h5,13,16,23H,1-4,6-12H2,(H2,19,21,24)/t16-/m1/s1. The fourth-order valence-corrected chi connectivity index (χ4v) is 3.73. The van der Waals surface area contributed by atoms with Gasteiger partial charge >= 0.3 is 6.03 Å². The van der Waals surface area contributed by atoms with Crippen molar-refractivity contribution < 1.29 is 9.90 Å². The lowest BCUT2D eigenvalue weighted by atomic mass is 9.93. The smallest absolute Gasteiger partial charge is 0.315 e. The highest BCUT2D eigenvalue weighted by atomic mass is 16.3. The summed E-state index contributed by atoms with van der Waals surface area (Å²) in [5.41, 5.74) is 3.72. The molecule has 2 aliphatic rings. The fourth-order valence-electron chi connectivity index (χ4n) is 3.73. The summed E-state index contributed by atoms with van der Waals surface area (Å²) in [5.74, 6) is 0. The van der Waals surface area contributed by atoms with Crippen molar-refractivity contribution in [3.05, 3.63) is 29.1 Å². The third-order valence-corrected chi connectivity index (χ3v) is 5.00. The van der Waals surface area contributed by atoms with Gasteiger partial charge in [-0.2, -0.15) is 5.10 Å². The van der Waals surface area contributed by atoms with Gasteiger partial charge in [-0.3, -0.25) is 4.68 Å². The minimum Gasteiger partial charge on any atom is -0.394 e. The van der Waals surface area contributed by atoms with Crippen molar-refractivity contribution in [3.63, 3.8) is 0 Å². The summed E-state index contributed by atoms with van der Waals surface area (Å²) in [6, 6.07) is -0.0748. The number of aromatic nitrogens is 2. The number of carbonyl (C=O) groups excluding carboxylic acids is 1. The van der Waals surface area contributed by atoms with Crippen LogP contribution in [0.2, 0.25) is 0 Å². The molecular formula is C18H28N4O2. The zero-order valence-electron chi connectivity index (χ0n) is 14.3. The number of hydrogen-bond acceptors (Lipinski definition) is 3. The molecule has 0 saturated carbocycles. The monoisotopic (exact) mass is 332 g/mol. The molecule has 0 fully saturated rings. The zero-order chi connectivity index (χ0) is 16.8. The quantitative estimate of drug-likeness (QED) is 0.700. The highest BCUT2D eigenvalue weighted by Gasteiger charge is 2.25. The Balaban J connectivity index is 1.49. The van der Waals surface area contributed by atoms with E-state index in [1.165, 1.54) is 31.3 Å². The van der Waals surface area contributed by atoms with Crippen LogP contribution >= 0.6 is 0 Å². The molecule has 1 aromatic rings. The van der Waals surface area contributed by atoms with E-state index in [2.05, 4.69) is 21.8 Å².